The molecular formula is C13H14F2O3. The molecule has 5 heteroatoms. The topological polar surface area (TPSA) is 46.5 Å². The van der Waals surface area contributed by atoms with E-state index in [2.05, 4.69) is 0 Å². The number of fused-ring (bicyclic) bond motifs is 1. The molecule has 1 heterocycles. The number of carbonyl (C=O) groups is 1. The third-order valence-electron chi connectivity index (χ3n) is 3.13. The molecule has 0 radical (unpaired) electrons. The number of carboxylic acids is 1. The van der Waals surface area contributed by atoms with Crippen LogP contribution in [0.3, 0.4) is 0 Å². The summed E-state index contributed by atoms with van der Waals surface area (Å²) in [7, 11) is 0. The van der Waals surface area contributed by atoms with Crippen molar-refractivity contribution in [2.75, 3.05) is 6.61 Å². The lowest BCUT2D eigenvalue weighted by atomic mass is 9.91. The molecule has 1 atom stereocenters. The molecule has 3 nitrogen and oxygen atoms in total. The molecule has 1 aromatic carbocycles. The number of halogens is 2. The Balaban J connectivity index is 2.27. The molecule has 0 spiro atoms. The van der Waals surface area contributed by atoms with E-state index < -0.39 is 24.7 Å². The predicted octanol–water partition coefficient (Wildman–Crippen LogP) is 2.58. The summed E-state index contributed by atoms with van der Waals surface area (Å²) in [6.45, 7) is 1.07. The van der Waals surface area contributed by atoms with Crippen molar-refractivity contribution < 1.29 is 23.4 Å². The Morgan fingerprint density at radius 2 is 2.17 bits per heavy atom. The number of ether oxygens (including phenoxy) is 1. The van der Waals surface area contributed by atoms with E-state index in [9.17, 15) is 13.6 Å². The summed E-state index contributed by atoms with van der Waals surface area (Å²) in [5, 5.41) is 8.68. The van der Waals surface area contributed by atoms with Crippen LogP contribution >= 0.6 is 0 Å². The molecule has 98 valence electrons. The van der Waals surface area contributed by atoms with E-state index in [0.29, 0.717) is 25.2 Å². The summed E-state index contributed by atoms with van der Waals surface area (Å²) in [6.07, 6.45) is -2.53. The molecule has 2 rings (SSSR count). The molecule has 1 aliphatic rings. The molecule has 1 unspecified atom stereocenters. The fraction of sp³-hybridized carbons (Fsp3) is 0.462. The monoisotopic (exact) mass is 256 g/mol. The number of benzene rings is 1. The van der Waals surface area contributed by atoms with Crippen LogP contribution in [-0.2, 0) is 22.6 Å². The molecule has 0 saturated carbocycles. The Bertz CT molecular complexity index is 446. The first-order valence-electron chi connectivity index (χ1n) is 5.77. The van der Waals surface area contributed by atoms with Gasteiger partial charge < -0.3 is 9.84 Å². The number of hydrogen-bond donors (Lipinski definition) is 1. The smallest absolute Gasteiger partial charge is 0.304 e. The van der Waals surface area contributed by atoms with Crippen molar-refractivity contribution >= 4 is 5.97 Å². The fourth-order valence-electron chi connectivity index (χ4n) is 2.15. The van der Waals surface area contributed by atoms with Crippen LogP contribution in [0.15, 0.2) is 18.2 Å². The van der Waals surface area contributed by atoms with Crippen molar-refractivity contribution in [3.05, 3.63) is 34.9 Å². The molecule has 1 aromatic rings. The van der Waals surface area contributed by atoms with E-state index in [4.69, 9.17) is 9.84 Å². The standard InChI is InChI=1S/C13H14F2O3/c14-13(15)11(6-12(16)17)9-1-2-10-7-18-4-3-8(10)5-9/h1-2,5,11,13H,3-4,6-7H2,(H,16,17). The van der Waals surface area contributed by atoms with Crippen LogP contribution in [0.5, 0.6) is 0 Å². The Labute approximate surface area is 103 Å². The summed E-state index contributed by atoms with van der Waals surface area (Å²) in [5.41, 5.74) is 2.37. The zero-order valence-electron chi connectivity index (χ0n) is 9.73. The van der Waals surface area contributed by atoms with Gasteiger partial charge >= 0.3 is 5.97 Å². The van der Waals surface area contributed by atoms with Crippen molar-refractivity contribution in [2.24, 2.45) is 0 Å². The highest BCUT2D eigenvalue weighted by Crippen LogP contribution is 2.29. The highest BCUT2D eigenvalue weighted by atomic mass is 19.3. The first kappa shape index (κ1) is 13.0. The summed E-state index contributed by atoms with van der Waals surface area (Å²) in [5.74, 6) is -2.45. The lowest BCUT2D eigenvalue weighted by Crippen LogP contribution is -2.16. The average Bonchev–Trinajstić information content (AvgIpc) is 2.35. The van der Waals surface area contributed by atoms with Gasteiger partial charge in [0.25, 0.3) is 0 Å². The Morgan fingerprint density at radius 3 is 2.83 bits per heavy atom. The van der Waals surface area contributed by atoms with E-state index in [1.807, 2.05) is 0 Å². The van der Waals surface area contributed by atoms with Gasteiger partial charge in [0.05, 0.1) is 25.6 Å². The van der Waals surface area contributed by atoms with Crippen LogP contribution < -0.4 is 0 Å². The largest absolute Gasteiger partial charge is 0.481 e. The molecule has 18 heavy (non-hydrogen) atoms. The number of aliphatic carboxylic acids is 1. The normalized spacial score (nSPS) is 16.4. The number of alkyl halides is 2. The molecule has 1 N–H and O–H groups in total. The second-order valence-electron chi connectivity index (χ2n) is 4.37. The van der Waals surface area contributed by atoms with Crippen LogP contribution in [-0.4, -0.2) is 24.1 Å². The van der Waals surface area contributed by atoms with E-state index in [0.717, 1.165) is 11.1 Å². The maximum absolute atomic E-state index is 12.9. The molecule has 0 aromatic heterocycles. The zero-order chi connectivity index (χ0) is 13.1. The fourth-order valence-corrected chi connectivity index (χ4v) is 2.15. The summed E-state index contributed by atoms with van der Waals surface area (Å²) < 4.78 is 31.0. The van der Waals surface area contributed by atoms with Gasteiger partial charge in [0, 0.05) is 0 Å². The molecule has 0 saturated heterocycles. The SMILES string of the molecule is O=C(O)CC(c1ccc2c(c1)CCOC2)C(F)F. The van der Waals surface area contributed by atoms with Crippen LogP contribution in [0.2, 0.25) is 0 Å². The number of carboxylic acid groups (broad SMARTS) is 1. The summed E-state index contributed by atoms with van der Waals surface area (Å²) in [6, 6.07) is 5.02. The maximum atomic E-state index is 12.9. The summed E-state index contributed by atoms with van der Waals surface area (Å²) in [4.78, 5) is 10.6. The molecule has 0 fully saturated rings. The quantitative estimate of drug-likeness (QED) is 0.900. The third-order valence-corrected chi connectivity index (χ3v) is 3.13. The highest BCUT2D eigenvalue weighted by Gasteiger charge is 2.26. The van der Waals surface area contributed by atoms with Gasteiger partial charge in [-0.05, 0) is 23.1 Å². The van der Waals surface area contributed by atoms with Crippen LogP contribution in [0.4, 0.5) is 8.78 Å². The summed E-state index contributed by atoms with van der Waals surface area (Å²) >= 11 is 0. The molecule has 0 amide bonds. The molecule has 1 aliphatic heterocycles. The minimum atomic E-state index is -2.67. The minimum Gasteiger partial charge on any atom is -0.481 e. The number of hydrogen-bond acceptors (Lipinski definition) is 2. The van der Waals surface area contributed by atoms with Gasteiger partial charge in [-0.1, -0.05) is 18.2 Å². The minimum absolute atomic E-state index is 0.396. The van der Waals surface area contributed by atoms with Crippen molar-refractivity contribution in [1.82, 2.24) is 0 Å². The van der Waals surface area contributed by atoms with Crippen LogP contribution in [0.25, 0.3) is 0 Å². The zero-order valence-corrected chi connectivity index (χ0v) is 9.73. The van der Waals surface area contributed by atoms with Crippen molar-refractivity contribution in [3.63, 3.8) is 0 Å². The van der Waals surface area contributed by atoms with Crippen LogP contribution in [0.1, 0.15) is 29.0 Å². The van der Waals surface area contributed by atoms with E-state index in [1.165, 1.54) is 0 Å². The van der Waals surface area contributed by atoms with Gasteiger partial charge in [-0.3, -0.25) is 4.79 Å². The van der Waals surface area contributed by atoms with E-state index in [-0.39, 0.29) is 0 Å². The van der Waals surface area contributed by atoms with Gasteiger partial charge in [-0.15, -0.1) is 0 Å². The Kier molecular flexibility index (Phi) is 3.91. The maximum Gasteiger partial charge on any atom is 0.304 e. The van der Waals surface area contributed by atoms with Crippen LogP contribution in [0, 0.1) is 0 Å². The van der Waals surface area contributed by atoms with Crippen molar-refractivity contribution in [2.45, 2.75) is 31.8 Å². The molecule has 0 aliphatic carbocycles. The highest BCUT2D eigenvalue weighted by molar-refractivity contribution is 5.68. The predicted molar refractivity (Wildman–Crippen MR) is 60.8 cm³/mol. The second kappa shape index (κ2) is 5.44. The molecular weight excluding hydrogens is 242 g/mol. The van der Waals surface area contributed by atoms with Gasteiger partial charge in [0.2, 0.25) is 6.43 Å². The van der Waals surface area contributed by atoms with E-state index >= 15 is 0 Å². The van der Waals surface area contributed by atoms with Gasteiger partial charge in [-0.2, -0.15) is 0 Å². The molecule has 0 bridgehead atoms. The number of rotatable bonds is 4. The second-order valence-corrected chi connectivity index (χ2v) is 4.37. The lowest BCUT2D eigenvalue weighted by Gasteiger charge is -2.20. The third kappa shape index (κ3) is 2.85. The lowest BCUT2D eigenvalue weighted by molar-refractivity contribution is -0.138. The Hall–Kier alpha value is -1.49. The van der Waals surface area contributed by atoms with Gasteiger partial charge in [0.1, 0.15) is 0 Å². The van der Waals surface area contributed by atoms with Crippen molar-refractivity contribution in [1.29, 1.82) is 0 Å². The van der Waals surface area contributed by atoms with Gasteiger partial charge in [0.15, 0.2) is 0 Å². The first-order valence-corrected chi connectivity index (χ1v) is 5.77. The average molecular weight is 256 g/mol. The first-order chi connectivity index (χ1) is 8.58. The van der Waals surface area contributed by atoms with E-state index in [1.54, 1.807) is 18.2 Å². The van der Waals surface area contributed by atoms with Crippen molar-refractivity contribution in [3.8, 4) is 0 Å². The Morgan fingerprint density at radius 1 is 1.39 bits per heavy atom. The van der Waals surface area contributed by atoms with Gasteiger partial charge in [-0.25, -0.2) is 8.78 Å².